The zero-order valence-corrected chi connectivity index (χ0v) is 14.4. The molecule has 0 aromatic carbocycles. The summed E-state index contributed by atoms with van der Waals surface area (Å²) in [5.74, 6) is -2.00. The van der Waals surface area contributed by atoms with Gasteiger partial charge in [0.2, 0.25) is 5.91 Å². The lowest BCUT2D eigenvalue weighted by Crippen LogP contribution is -2.20. The van der Waals surface area contributed by atoms with Crippen molar-refractivity contribution in [1.82, 2.24) is 9.78 Å². The number of hydrogen-bond donors (Lipinski definition) is 2. The van der Waals surface area contributed by atoms with Gasteiger partial charge in [-0.05, 0) is 37.3 Å². The fraction of sp³-hybridized carbons (Fsp3) is 0.375. The number of carbonyl (C=O) groups is 3. The van der Waals surface area contributed by atoms with E-state index in [-0.39, 0.29) is 18.1 Å². The molecule has 8 nitrogen and oxygen atoms in total. The summed E-state index contributed by atoms with van der Waals surface area (Å²) in [7, 11) is 1.32. The van der Waals surface area contributed by atoms with Crippen LogP contribution in [0.5, 0.6) is 0 Å². The van der Waals surface area contributed by atoms with Gasteiger partial charge < -0.3 is 15.2 Å². The molecule has 0 spiro atoms. The highest BCUT2D eigenvalue weighted by Crippen LogP contribution is 2.38. The summed E-state index contributed by atoms with van der Waals surface area (Å²) in [4.78, 5) is 36.3. The van der Waals surface area contributed by atoms with Crippen molar-refractivity contribution in [3.63, 3.8) is 0 Å². The molecule has 0 radical (unpaired) electrons. The van der Waals surface area contributed by atoms with E-state index in [2.05, 4.69) is 10.4 Å². The number of fused-ring (bicyclic) bond motifs is 1. The Hall–Kier alpha value is -2.68. The zero-order chi connectivity index (χ0) is 18.0. The third-order valence-electron chi connectivity index (χ3n) is 3.98. The number of anilines is 1. The molecule has 25 heavy (non-hydrogen) atoms. The van der Waals surface area contributed by atoms with Crippen molar-refractivity contribution in [2.75, 3.05) is 12.4 Å². The molecule has 0 aliphatic heterocycles. The Morgan fingerprint density at radius 2 is 2.12 bits per heavy atom. The molecule has 0 fully saturated rings. The first-order valence-electron chi connectivity index (χ1n) is 7.79. The van der Waals surface area contributed by atoms with E-state index in [4.69, 9.17) is 9.84 Å². The molecule has 1 amide bonds. The van der Waals surface area contributed by atoms with Crippen LogP contribution in [0.2, 0.25) is 0 Å². The molecule has 2 aromatic rings. The summed E-state index contributed by atoms with van der Waals surface area (Å²) in [6, 6.07) is 1.32. The molecule has 2 heterocycles. The van der Waals surface area contributed by atoms with Gasteiger partial charge in [0.25, 0.3) is 0 Å². The SMILES string of the molecule is COC(=O)c1c(NC(=O)Cn2ccc(C(=O)O)n2)sc2c1CCCC2. The Labute approximate surface area is 147 Å². The second kappa shape index (κ2) is 7.06. The summed E-state index contributed by atoms with van der Waals surface area (Å²) >= 11 is 1.40. The van der Waals surface area contributed by atoms with Crippen molar-refractivity contribution in [3.05, 3.63) is 34.0 Å². The number of ether oxygens (including phenoxy) is 1. The quantitative estimate of drug-likeness (QED) is 0.786. The van der Waals surface area contributed by atoms with Gasteiger partial charge in [0.15, 0.2) is 5.69 Å². The van der Waals surface area contributed by atoms with Crippen LogP contribution in [-0.4, -0.2) is 39.8 Å². The molecular formula is C16H17N3O5S. The van der Waals surface area contributed by atoms with Crippen molar-refractivity contribution in [3.8, 4) is 0 Å². The lowest BCUT2D eigenvalue weighted by atomic mass is 9.95. The largest absolute Gasteiger partial charge is 0.476 e. The van der Waals surface area contributed by atoms with Gasteiger partial charge in [0.05, 0.1) is 12.7 Å². The maximum Gasteiger partial charge on any atom is 0.356 e. The maximum atomic E-state index is 12.3. The van der Waals surface area contributed by atoms with E-state index in [1.54, 1.807) is 0 Å². The number of thiophene rings is 1. The second-order valence-corrected chi connectivity index (χ2v) is 6.76. The first kappa shape index (κ1) is 17.2. The zero-order valence-electron chi connectivity index (χ0n) is 13.6. The standard InChI is InChI=1S/C16H17N3O5S/c1-24-16(23)13-9-4-2-3-5-11(9)25-14(13)17-12(20)8-19-7-6-10(18-19)15(21)22/h6-7H,2-5,8H2,1H3,(H,17,20)(H,21,22). The Morgan fingerprint density at radius 1 is 1.36 bits per heavy atom. The average Bonchev–Trinajstić information content (AvgIpc) is 3.18. The van der Waals surface area contributed by atoms with E-state index in [1.165, 1.54) is 35.4 Å². The highest BCUT2D eigenvalue weighted by Gasteiger charge is 2.27. The highest BCUT2D eigenvalue weighted by molar-refractivity contribution is 7.17. The minimum absolute atomic E-state index is 0.130. The fourth-order valence-electron chi connectivity index (χ4n) is 2.85. The van der Waals surface area contributed by atoms with E-state index >= 15 is 0 Å². The number of hydrogen-bond acceptors (Lipinski definition) is 6. The van der Waals surface area contributed by atoms with Crippen LogP contribution >= 0.6 is 11.3 Å². The first-order valence-corrected chi connectivity index (χ1v) is 8.60. The molecule has 0 bridgehead atoms. The van der Waals surface area contributed by atoms with Gasteiger partial charge in [-0.1, -0.05) is 0 Å². The van der Waals surface area contributed by atoms with E-state index in [9.17, 15) is 14.4 Å². The van der Waals surface area contributed by atoms with Crippen molar-refractivity contribution < 1.29 is 24.2 Å². The van der Waals surface area contributed by atoms with Crippen LogP contribution in [0.3, 0.4) is 0 Å². The smallest absolute Gasteiger partial charge is 0.356 e. The number of amides is 1. The molecule has 1 aliphatic carbocycles. The van der Waals surface area contributed by atoms with Crippen LogP contribution in [-0.2, 0) is 28.9 Å². The second-order valence-electron chi connectivity index (χ2n) is 5.66. The molecule has 0 atom stereocenters. The van der Waals surface area contributed by atoms with Gasteiger partial charge in [0.1, 0.15) is 11.5 Å². The predicted octanol–water partition coefficient (Wildman–Crippen LogP) is 1.95. The number of carboxylic acid groups (broad SMARTS) is 1. The number of nitrogens with zero attached hydrogens (tertiary/aromatic N) is 2. The molecule has 3 rings (SSSR count). The molecule has 0 unspecified atom stereocenters. The van der Waals surface area contributed by atoms with Gasteiger partial charge >= 0.3 is 11.9 Å². The third-order valence-corrected chi connectivity index (χ3v) is 5.19. The number of carbonyl (C=O) groups excluding carboxylic acids is 2. The lowest BCUT2D eigenvalue weighted by Gasteiger charge is -2.11. The molecule has 2 aromatic heterocycles. The van der Waals surface area contributed by atoms with Gasteiger partial charge in [0, 0.05) is 11.1 Å². The van der Waals surface area contributed by atoms with E-state index < -0.39 is 11.9 Å². The van der Waals surface area contributed by atoms with Crippen LogP contribution in [0.4, 0.5) is 5.00 Å². The number of carboxylic acids is 1. The summed E-state index contributed by atoms with van der Waals surface area (Å²) in [5.41, 5.74) is 1.27. The molecule has 9 heteroatoms. The molecule has 132 valence electrons. The van der Waals surface area contributed by atoms with Crippen molar-refractivity contribution >= 4 is 34.2 Å². The Balaban J connectivity index is 1.79. The summed E-state index contributed by atoms with van der Waals surface area (Å²) in [6.07, 6.45) is 5.18. The number of nitrogens with one attached hydrogen (secondary N) is 1. The van der Waals surface area contributed by atoms with Crippen LogP contribution in [0.1, 0.15) is 44.1 Å². The number of esters is 1. The number of aromatic carboxylic acids is 1. The fourth-order valence-corrected chi connectivity index (χ4v) is 4.14. The number of aromatic nitrogens is 2. The number of methoxy groups -OCH3 is 1. The maximum absolute atomic E-state index is 12.3. The number of rotatable bonds is 5. The van der Waals surface area contributed by atoms with Crippen LogP contribution in [0.25, 0.3) is 0 Å². The van der Waals surface area contributed by atoms with Crippen molar-refractivity contribution in [2.45, 2.75) is 32.2 Å². The summed E-state index contributed by atoms with van der Waals surface area (Å²) in [6.45, 7) is -0.142. The Kier molecular flexibility index (Phi) is 4.84. The van der Waals surface area contributed by atoms with Gasteiger partial charge in [-0.3, -0.25) is 9.48 Å². The van der Waals surface area contributed by atoms with Crippen molar-refractivity contribution in [2.24, 2.45) is 0 Å². The lowest BCUT2D eigenvalue weighted by molar-refractivity contribution is -0.116. The monoisotopic (exact) mass is 363 g/mol. The minimum atomic E-state index is -1.15. The van der Waals surface area contributed by atoms with Crippen LogP contribution < -0.4 is 5.32 Å². The molecular weight excluding hydrogens is 346 g/mol. The number of aryl methyl sites for hydroxylation is 1. The van der Waals surface area contributed by atoms with Gasteiger partial charge in [-0.25, -0.2) is 9.59 Å². The first-order chi connectivity index (χ1) is 12.0. The molecule has 0 saturated heterocycles. The van der Waals surface area contributed by atoms with E-state index in [0.29, 0.717) is 10.6 Å². The third kappa shape index (κ3) is 3.55. The topological polar surface area (TPSA) is 111 Å². The molecule has 0 saturated carbocycles. The molecule has 2 N–H and O–H groups in total. The normalized spacial score (nSPS) is 13.2. The van der Waals surface area contributed by atoms with E-state index in [0.717, 1.165) is 36.1 Å². The van der Waals surface area contributed by atoms with Gasteiger partial charge in [-0.15, -0.1) is 11.3 Å². The van der Waals surface area contributed by atoms with Crippen LogP contribution in [0, 0.1) is 0 Å². The van der Waals surface area contributed by atoms with Gasteiger partial charge in [-0.2, -0.15) is 5.10 Å². The van der Waals surface area contributed by atoms with Crippen molar-refractivity contribution in [1.29, 1.82) is 0 Å². The predicted molar refractivity (Wildman–Crippen MR) is 90.1 cm³/mol. The highest BCUT2D eigenvalue weighted by atomic mass is 32.1. The van der Waals surface area contributed by atoms with Crippen LogP contribution in [0.15, 0.2) is 12.3 Å². The van der Waals surface area contributed by atoms with E-state index in [1.807, 2.05) is 0 Å². The summed E-state index contributed by atoms with van der Waals surface area (Å²) in [5, 5.41) is 15.9. The average molecular weight is 363 g/mol. The Morgan fingerprint density at radius 3 is 2.80 bits per heavy atom. The Bertz CT molecular complexity index is 839. The molecule has 1 aliphatic rings. The summed E-state index contributed by atoms with van der Waals surface area (Å²) < 4.78 is 6.10. The minimum Gasteiger partial charge on any atom is -0.476 e.